The number of nitrogens with zero attached hydrogens (tertiary/aromatic N) is 3. The average Bonchev–Trinajstić information content (AvgIpc) is 2.62. The second-order valence-electron chi connectivity index (χ2n) is 7.50. The molecule has 9 heteroatoms. The van der Waals surface area contributed by atoms with Crippen LogP contribution in [0.3, 0.4) is 0 Å². The van der Waals surface area contributed by atoms with Gasteiger partial charge in [0, 0.05) is 35.3 Å². The van der Waals surface area contributed by atoms with Crippen LogP contribution in [0.5, 0.6) is 5.88 Å². The molecule has 1 amide bonds. The van der Waals surface area contributed by atoms with Crippen LogP contribution in [0, 0.1) is 12.3 Å². The van der Waals surface area contributed by atoms with Gasteiger partial charge in [-0.25, -0.2) is 18.7 Å². The van der Waals surface area contributed by atoms with Crippen LogP contribution in [0.25, 0.3) is 0 Å². The Labute approximate surface area is 168 Å². The number of aromatic nitrogens is 2. The number of alkyl halides is 2. The molecule has 2 rings (SSSR count). The number of carbonyl (C=O) groups is 1. The van der Waals surface area contributed by atoms with Crippen molar-refractivity contribution in [2.24, 2.45) is 10.4 Å². The molecule has 2 aromatic rings. The summed E-state index contributed by atoms with van der Waals surface area (Å²) in [5.41, 5.74) is 7.77. The molecule has 0 atom stereocenters. The zero-order valence-corrected chi connectivity index (χ0v) is 16.9. The number of nitrogens with two attached hydrogens (primary N) is 1. The van der Waals surface area contributed by atoms with Crippen LogP contribution in [0.2, 0.25) is 0 Å². The molecule has 3 N–H and O–H groups in total. The summed E-state index contributed by atoms with van der Waals surface area (Å²) < 4.78 is 29.5. The number of carbonyl (C=O) groups excluding carboxylic acids is 1. The lowest BCUT2D eigenvalue weighted by Crippen LogP contribution is -2.28. The molecule has 2 aromatic heterocycles. The summed E-state index contributed by atoms with van der Waals surface area (Å²) >= 11 is 0. The van der Waals surface area contributed by atoms with Crippen molar-refractivity contribution in [3.63, 3.8) is 0 Å². The Morgan fingerprint density at radius 1 is 1.38 bits per heavy atom. The molecule has 0 spiro atoms. The molecule has 0 radical (unpaired) electrons. The first-order valence-corrected chi connectivity index (χ1v) is 9.00. The number of ether oxygens (including phenoxy) is 1. The Morgan fingerprint density at radius 3 is 2.72 bits per heavy atom. The van der Waals surface area contributed by atoms with Gasteiger partial charge in [0.15, 0.2) is 6.61 Å². The van der Waals surface area contributed by atoms with Gasteiger partial charge in [-0.05, 0) is 24.6 Å². The van der Waals surface area contributed by atoms with Gasteiger partial charge in [-0.2, -0.15) is 0 Å². The second-order valence-corrected chi connectivity index (χ2v) is 7.50. The Bertz CT molecular complexity index is 895. The third kappa shape index (κ3) is 6.48. The predicted molar refractivity (Wildman–Crippen MR) is 109 cm³/mol. The monoisotopic (exact) mass is 405 g/mol. The van der Waals surface area contributed by atoms with Gasteiger partial charge in [0.1, 0.15) is 5.82 Å². The van der Waals surface area contributed by atoms with Gasteiger partial charge in [0.2, 0.25) is 11.8 Å². The molecular formula is C20H25F2N5O2. The molecule has 2 heterocycles. The van der Waals surface area contributed by atoms with Crippen LogP contribution in [0.15, 0.2) is 29.5 Å². The molecule has 0 unspecified atom stereocenters. The van der Waals surface area contributed by atoms with Crippen molar-refractivity contribution < 1.29 is 18.3 Å². The number of pyridine rings is 2. The molecule has 156 valence electrons. The van der Waals surface area contributed by atoms with Crippen molar-refractivity contribution in [1.82, 2.24) is 9.97 Å². The van der Waals surface area contributed by atoms with Crippen molar-refractivity contribution in [2.75, 3.05) is 17.7 Å². The SMILES string of the molecule is Cc1cc(CN=Cc2c(N)ccnc2NC(=O)C(C)(C)C)cnc1OCC(F)F. The number of nitrogen functional groups attached to an aromatic ring is 1. The second kappa shape index (κ2) is 9.40. The van der Waals surface area contributed by atoms with Gasteiger partial charge < -0.3 is 15.8 Å². The summed E-state index contributed by atoms with van der Waals surface area (Å²) in [7, 11) is 0. The van der Waals surface area contributed by atoms with Crippen molar-refractivity contribution in [3.8, 4) is 5.88 Å². The lowest BCUT2D eigenvalue weighted by molar-refractivity contribution is -0.123. The smallest absolute Gasteiger partial charge is 0.272 e. The number of anilines is 2. The molecule has 0 aliphatic heterocycles. The molecule has 0 bridgehead atoms. The zero-order chi connectivity index (χ0) is 21.6. The molecule has 0 saturated carbocycles. The quantitative estimate of drug-likeness (QED) is 0.685. The van der Waals surface area contributed by atoms with E-state index in [0.717, 1.165) is 5.56 Å². The largest absolute Gasteiger partial charge is 0.471 e. The first-order valence-electron chi connectivity index (χ1n) is 9.00. The summed E-state index contributed by atoms with van der Waals surface area (Å²) in [5.74, 6) is 0.310. The highest BCUT2D eigenvalue weighted by atomic mass is 19.3. The summed E-state index contributed by atoms with van der Waals surface area (Å²) in [6.45, 7) is 6.70. The minimum absolute atomic E-state index is 0.168. The number of halogens is 2. The Hall–Kier alpha value is -3.10. The normalized spacial score (nSPS) is 11.8. The fourth-order valence-electron chi connectivity index (χ4n) is 2.26. The van der Waals surface area contributed by atoms with E-state index in [9.17, 15) is 13.6 Å². The minimum atomic E-state index is -2.56. The van der Waals surface area contributed by atoms with Crippen LogP contribution in [-0.2, 0) is 11.3 Å². The molecule has 7 nitrogen and oxygen atoms in total. The number of rotatable bonds is 7. The first-order chi connectivity index (χ1) is 13.6. The molecule has 29 heavy (non-hydrogen) atoms. The van der Waals surface area contributed by atoms with Gasteiger partial charge in [-0.15, -0.1) is 0 Å². The Balaban J connectivity index is 2.12. The number of nitrogens with one attached hydrogen (secondary N) is 1. The number of aryl methyl sites for hydroxylation is 1. The highest BCUT2D eigenvalue weighted by Crippen LogP contribution is 2.22. The standard InChI is InChI=1S/C20H25F2N5O2/c1-12-7-13(9-26-18(12)29-11-16(21)22)8-24-10-14-15(23)5-6-25-17(14)27-19(28)20(2,3)4/h5-7,9-10,16H,8,11H2,1-4H3,(H3,23,25,27,28). The Kier molecular flexibility index (Phi) is 7.19. The maximum atomic E-state index is 12.3. The van der Waals surface area contributed by atoms with Crippen molar-refractivity contribution in [1.29, 1.82) is 0 Å². The van der Waals surface area contributed by atoms with E-state index in [2.05, 4.69) is 20.3 Å². The van der Waals surface area contributed by atoms with E-state index in [4.69, 9.17) is 10.5 Å². The molecule has 0 aromatic carbocycles. The highest BCUT2D eigenvalue weighted by molar-refractivity contribution is 6.01. The maximum Gasteiger partial charge on any atom is 0.272 e. The van der Waals surface area contributed by atoms with E-state index in [-0.39, 0.29) is 18.3 Å². The lowest BCUT2D eigenvalue weighted by atomic mass is 9.95. The number of hydrogen-bond acceptors (Lipinski definition) is 6. The predicted octanol–water partition coefficient (Wildman–Crippen LogP) is 3.61. The minimum Gasteiger partial charge on any atom is -0.471 e. The summed E-state index contributed by atoms with van der Waals surface area (Å²) in [6, 6.07) is 3.38. The fourth-order valence-corrected chi connectivity index (χ4v) is 2.26. The van der Waals surface area contributed by atoms with Gasteiger partial charge in [-0.1, -0.05) is 20.8 Å². The number of aliphatic imine (C=N–C) groups is 1. The van der Waals surface area contributed by atoms with Crippen LogP contribution in [-0.4, -0.2) is 35.1 Å². The fraction of sp³-hybridized carbons (Fsp3) is 0.400. The first kappa shape index (κ1) is 22.2. The average molecular weight is 405 g/mol. The van der Waals surface area contributed by atoms with Crippen LogP contribution in [0.4, 0.5) is 20.3 Å². The van der Waals surface area contributed by atoms with Crippen LogP contribution in [0.1, 0.15) is 37.5 Å². The summed E-state index contributed by atoms with van der Waals surface area (Å²) in [6.07, 6.45) is 2.01. The zero-order valence-electron chi connectivity index (χ0n) is 16.9. The third-order valence-corrected chi connectivity index (χ3v) is 3.86. The topological polar surface area (TPSA) is 102 Å². The van der Waals surface area contributed by atoms with E-state index >= 15 is 0 Å². The lowest BCUT2D eigenvalue weighted by Gasteiger charge is -2.18. The van der Waals surface area contributed by atoms with E-state index in [1.165, 1.54) is 18.6 Å². The molecule has 0 fully saturated rings. The van der Waals surface area contributed by atoms with E-state index in [1.807, 2.05) is 0 Å². The summed E-state index contributed by atoms with van der Waals surface area (Å²) in [5, 5.41) is 2.77. The molecular weight excluding hydrogens is 380 g/mol. The van der Waals surface area contributed by atoms with Crippen LogP contribution < -0.4 is 15.8 Å². The van der Waals surface area contributed by atoms with Crippen molar-refractivity contribution in [2.45, 2.75) is 40.7 Å². The number of amides is 1. The van der Waals surface area contributed by atoms with Gasteiger partial charge in [-0.3, -0.25) is 9.79 Å². The number of hydrogen-bond donors (Lipinski definition) is 2. The van der Waals surface area contributed by atoms with Gasteiger partial charge >= 0.3 is 0 Å². The van der Waals surface area contributed by atoms with E-state index < -0.39 is 18.4 Å². The highest BCUT2D eigenvalue weighted by Gasteiger charge is 2.22. The third-order valence-electron chi connectivity index (χ3n) is 3.86. The summed E-state index contributed by atoms with van der Waals surface area (Å²) in [4.78, 5) is 24.8. The van der Waals surface area contributed by atoms with Crippen molar-refractivity contribution >= 4 is 23.6 Å². The van der Waals surface area contributed by atoms with E-state index in [0.29, 0.717) is 22.6 Å². The van der Waals surface area contributed by atoms with Crippen LogP contribution >= 0.6 is 0 Å². The van der Waals surface area contributed by atoms with E-state index in [1.54, 1.807) is 39.8 Å². The molecule has 0 aliphatic carbocycles. The molecule has 0 saturated heterocycles. The Morgan fingerprint density at radius 2 is 2.10 bits per heavy atom. The maximum absolute atomic E-state index is 12.3. The van der Waals surface area contributed by atoms with Gasteiger partial charge in [0.05, 0.1) is 12.1 Å². The van der Waals surface area contributed by atoms with Gasteiger partial charge in [0.25, 0.3) is 6.43 Å². The van der Waals surface area contributed by atoms with Crippen molar-refractivity contribution in [3.05, 3.63) is 41.2 Å². The molecule has 0 aliphatic rings.